The maximum Gasteiger partial charge on any atom is 0.348 e. The first kappa shape index (κ1) is 40.8. The van der Waals surface area contributed by atoms with Crippen LogP contribution in [-0.2, 0) is 43.0 Å². The molecule has 0 aromatic carbocycles. The number of amides is 3. The van der Waals surface area contributed by atoms with Crippen LogP contribution in [0.25, 0.3) is 0 Å². The number of cyclic esters (lactones) is 3. The van der Waals surface area contributed by atoms with Crippen molar-refractivity contribution in [2.24, 2.45) is 35.5 Å². The van der Waals surface area contributed by atoms with Crippen molar-refractivity contribution >= 4 is 35.6 Å². The van der Waals surface area contributed by atoms with Crippen molar-refractivity contribution in [1.29, 1.82) is 0 Å². The lowest BCUT2D eigenvalue weighted by molar-refractivity contribution is -0.181. The van der Waals surface area contributed by atoms with Crippen LogP contribution in [0, 0.1) is 35.5 Å². The van der Waals surface area contributed by atoms with Gasteiger partial charge in [-0.05, 0) is 54.8 Å². The van der Waals surface area contributed by atoms with E-state index in [9.17, 15) is 28.8 Å². The molecule has 46 heavy (non-hydrogen) atoms. The van der Waals surface area contributed by atoms with Crippen molar-refractivity contribution in [3.8, 4) is 0 Å². The zero-order valence-corrected chi connectivity index (χ0v) is 30.2. The molecule has 0 bridgehead atoms. The van der Waals surface area contributed by atoms with Crippen molar-refractivity contribution in [3.63, 3.8) is 0 Å². The second-order valence-electron chi connectivity index (χ2n) is 14.8. The molecule has 2 N–H and O–H groups in total. The Kier molecular flexibility index (Phi) is 16.2. The molecule has 12 nitrogen and oxygen atoms in total. The maximum atomic E-state index is 13.9. The van der Waals surface area contributed by atoms with E-state index in [4.69, 9.17) is 14.2 Å². The Morgan fingerprint density at radius 3 is 1.52 bits per heavy atom. The highest BCUT2D eigenvalue weighted by Gasteiger charge is 2.41. The predicted octanol–water partition coefficient (Wildman–Crippen LogP) is 3.64. The van der Waals surface area contributed by atoms with Crippen LogP contribution in [-0.4, -0.2) is 84.0 Å². The molecule has 1 aliphatic heterocycles. The highest BCUT2D eigenvalue weighted by atomic mass is 16.6. The lowest BCUT2D eigenvalue weighted by Crippen LogP contribution is -2.57. The van der Waals surface area contributed by atoms with E-state index in [1.165, 1.54) is 11.9 Å². The van der Waals surface area contributed by atoms with Crippen LogP contribution < -0.4 is 10.6 Å². The minimum absolute atomic E-state index is 0.0414. The van der Waals surface area contributed by atoms with Gasteiger partial charge in [0.1, 0.15) is 18.1 Å². The molecular formula is C34H59N3O9. The standard InChI is InChI=1S/C34H59N3O9/c1-17(2)14-23-32(41)44-25(16-19(5)6)34(43)46-28(22(11)12)31(40)37(13)24(15-18(3)4)33(42)45-27(21(9)10)30(39)36-26(20(7)8)29(38)35-23/h17-28H,14-16H2,1-13H3,(H,35,38)(H,36,39)/t23-,24-,25-,26-,27-,28-/m0/s1. The first-order chi connectivity index (χ1) is 21.2. The summed E-state index contributed by atoms with van der Waals surface area (Å²) in [7, 11) is 1.43. The molecular weight excluding hydrogens is 594 g/mol. The molecule has 1 rings (SSSR count). The Hall–Kier alpha value is -3.18. The van der Waals surface area contributed by atoms with E-state index >= 15 is 0 Å². The van der Waals surface area contributed by atoms with Crippen LogP contribution >= 0.6 is 0 Å². The Morgan fingerprint density at radius 1 is 0.565 bits per heavy atom. The van der Waals surface area contributed by atoms with Gasteiger partial charge in [-0.3, -0.25) is 14.4 Å². The van der Waals surface area contributed by atoms with E-state index in [1.807, 2.05) is 41.5 Å². The molecule has 1 saturated heterocycles. The van der Waals surface area contributed by atoms with Crippen LogP contribution in [0.5, 0.6) is 0 Å². The molecule has 1 aliphatic rings. The van der Waals surface area contributed by atoms with Crippen LogP contribution in [0.3, 0.4) is 0 Å². The molecule has 0 spiro atoms. The van der Waals surface area contributed by atoms with Crippen molar-refractivity contribution in [2.75, 3.05) is 7.05 Å². The molecule has 1 fully saturated rings. The summed E-state index contributed by atoms with van der Waals surface area (Å²) in [6.07, 6.45) is -3.38. The SMILES string of the molecule is CC(C)C[C@@H]1NC(=O)[C@H](C(C)C)NC(=O)[C@H](C(C)C)OC(=O)[C@H](CC(C)C)N(C)C(=O)[C@H](C(C)C)OC(=O)[C@H](CC(C)C)OC1=O. The summed E-state index contributed by atoms with van der Waals surface area (Å²) in [6, 6.07) is -3.30. The van der Waals surface area contributed by atoms with Crippen molar-refractivity contribution in [2.45, 2.75) is 139 Å². The number of carbonyl (C=O) groups is 6. The van der Waals surface area contributed by atoms with E-state index in [-0.39, 0.29) is 37.0 Å². The summed E-state index contributed by atoms with van der Waals surface area (Å²) in [5.74, 6) is -5.97. The third-order valence-corrected chi connectivity index (χ3v) is 7.74. The van der Waals surface area contributed by atoms with Crippen LogP contribution in [0.4, 0.5) is 0 Å². The normalized spacial score (nSPS) is 26.7. The summed E-state index contributed by atoms with van der Waals surface area (Å²) in [6.45, 7) is 21.5. The van der Waals surface area contributed by atoms with E-state index in [1.54, 1.807) is 41.5 Å². The third-order valence-electron chi connectivity index (χ3n) is 7.74. The quantitative estimate of drug-likeness (QED) is 0.280. The fourth-order valence-electron chi connectivity index (χ4n) is 5.14. The van der Waals surface area contributed by atoms with E-state index in [2.05, 4.69) is 10.6 Å². The minimum atomic E-state index is -1.35. The van der Waals surface area contributed by atoms with E-state index in [0.29, 0.717) is 0 Å². The molecule has 0 unspecified atom stereocenters. The number of rotatable bonds is 9. The summed E-state index contributed by atoms with van der Waals surface area (Å²) >= 11 is 0. The Bertz CT molecular complexity index is 1070. The lowest BCUT2D eigenvalue weighted by atomic mass is 9.98. The molecule has 0 radical (unpaired) electrons. The maximum absolute atomic E-state index is 13.9. The van der Waals surface area contributed by atoms with Gasteiger partial charge >= 0.3 is 17.9 Å². The van der Waals surface area contributed by atoms with E-state index < -0.39 is 89.8 Å². The number of hydrogen-bond donors (Lipinski definition) is 2. The first-order valence-corrected chi connectivity index (χ1v) is 16.7. The van der Waals surface area contributed by atoms with Gasteiger partial charge in [-0.2, -0.15) is 0 Å². The molecule has 12 heteroatoms. The molecule has 1 heterocycles. The monoisotopic (exact) mass is 653 g/mol. The number of likely N-dealkylation sites (N-methyl/N-ethyl adjacent to an activating group) is 1. The fraction of sp³-hybridized carbons (Fsp3) is 0.824. The second-order valence-corrected chi connectivity index (χ2v) is 14.8. The fourth-order valence-corrected chi connectivity index (χ4v) is 5.14. The largest absolute Gasteiger partial charge is 0.450 e. The van der Waals surface area contributed by atoms with Gasteiger partial charge < -0.3 is 29.7 Å². The molecule has 0 aliphatic carbocycles. The molecule has 264 valence electrons. The van der Waals surface area contributed by atoms with Crippen molar-refractivity contribution in [3.05, 3.63) is 0 Å². The molecule has 0 aromatic heterocycles. The van der Waals surface area contributed by atoms with Gasteiger partial charge in [0.15, 0.2) is 18.3 Å². The number of carbonyl (C=O) groups excluding carboxylic acids is 6. The van der Waals surface area contributed by atoms with Crippen LogP contribution in [0.1, 0.15) is 102 Å². The van der Waals surface area contributed by atoms with Crippen molar-refractivity contribution < 1.29 is 43.0 Å². The third kappa shape index (κ3) is 12.2. The topological polar surface area (TPSA) is 157 Å². The van der Waals surface area contributed by atoms with E-state index in [0.717, 1.165) is 0 Å². The minimum Gasteiger partial charge on any atom is -0.450 e. The predicted molar refractivity (Wildman–Crippen MR) is 173 cm³/mol. The number of nitrogens with zero attached hydrogens (tertiary/aromatic N) is 1. The number of hydrogen-bond acceptors (Lipinski definition) is 9. The van der Waals surface area contributed by atoms with Crippen LogP contribution in [0.15, 0.2) is 0 Å². The Morgan fingerprint density at radius 2 is 1.07 bits per heavy atom. The number of ether oxygens (including phenoxy) is 3. The average Bonchev–Trinajstić information content (AvgIpc) is 2.92. The van der Waals surface area contributed by atoms with Crippen molar-refractivity contribution in [1.82, 2.24) is 15.5 Å². The van der Waals surface area contributed by atoms with Gasteiger partial charge in [-0.25, -0.2) is 14.4 Å². The lowest BCUT2D eigenvalue weighted by Gasteiger charge is -2.34. The van der Waals surface area contributed by atoms with Gasteiger partial charge in [0.05, 0.1) is 0 Å². The molecule has 0 aromatic rings. The van der Waals surface area contributed by atoms with Gasteiger partial charge in [-0.15, -0.1) is 0 Å². The number of nitrogens with one attached hydrogen (secondary N) is 2. The first-order valence-electron chi connectivity index (χ1n) is 16.7. The summed E-state index contributed by atoms with van der Waals surface area (Å²) in [5, 5.41) is 5.43. The molecule has 6 atom stereocenters. The summed E-state index contributed by atoms with van der Waals surface area (Å²) < 4.78 is 17.2. The highest BCUT2D eigenvalue weighted by Crippen LogP contribution is 2.22. The molecule has 0 saturated carbocycles. The summed E-state index contributed by atoms with van der Waals surface area (Å²) in [4.78, 5) is 83.1. The Balaban J connectivity index is 3.81. The van der Waals surface area contributed by atoms with Gasteiger partial charge in [0.25, 0.3) is 11.8 Å². The zero-order chi connectivity index (χ0) is 35.6. The van der Waals surface area contributed by atoms with Crippen LogP contribution in [0.2, 0.25) is 0 Å². The smallest absolute Gasteiger partial charge is 0.348 e. The Labute approximate surface area is 275 Å². The highest BCUT2D eigenvalue weighted by molar-refractivity contribution is 5.94. The average molecular weight is 654 g/mol. The summed E-state index contributed by atoms with van der Waals surface area (Å²) in [5.41, 5.74) is 0. The second kappa shape index (κ2) is 18.2. The number of esters is 3. The molecule has 3 amide bonds. The van der Waals surface area contributed by atoms with Gasteiger partial charge in [-0.1, -0.05) is 83.1 Å². The van der Waals surface area contributed by atoms with Gasteiger partial charge in [0.2, 0.25) is 5.91 Å². The zero-order valence-electron chi connectivity index (χ0n) is 30.2. The van der Waals surface area contributed by atoms with Gasteiger partial charge in [0, 0.05) is 7.05 Å².